The quantitative estimate of drug-likeness (QED) is 0.915. The highest BCUT2D eigenvalue weighted by molar-refractivity contribution is 9.10. The van der Waals surface area contributed by atoms with Crippen molar-refractivity contribution in [3.05, 3.63) is 40.8 Å². The summed E-state index contributed by atoms with van der Waals surface area (Å²) in [6.07, 6.45) is 6.04. The summed E-state index contributed by atoms with van der Waals surface area (Å²) in [6, 6.07) is 4.89. The van der Waals surface area contributed by atoms with Crippen LogP contribution in [0.25, 0.3) is 0 Å². The van der Waals surface area contributed by atoms with Crippen molar-refractivity contribution >= 4 is 21.6 Å². The maximum atomic E-state index is 13.0. The Kier molecular flexibility index (Phi) is 3.83. The molecule has 1 aromatic carbocycles. The Morgan fingerprint density at radius 2 is 2.38 bits per heavy atom. The highest BCUT2D eigenvalue weighted by Gasteiger charge is 2.10. The van der Waals surface area contributed by atoms with Crippen LogP contribution in [-0.4, -0.2) is 12.6 Å². The standard InChI is InChI=1S/C12H13BrFNO/c13-11-7-9(4-5-12(11)14)15-8-10-3-1-2-6-16-10/h2,4-7,10,15H,1,3,8H2. The van der Waals surface area contributed by atoms with Gasteiger partial charge in [0.15, 0.2) is 0 Å². The topological polar surface area (TPSA) is 21.3 Å². The van der Waals surface area contributed by atoms with E-state index in [1.54, 1.807) is 18.4 Å². The van der Waals surface area contributed by atoms with Crippen molar-refractivity contribution in [1.29, 1.82) is 0 Å². The van der Waals surface area contributed by atoms with Crippen LogP contribution in [-0.2, 0) is 4.74 Å². The molecule has 1 aliphatic heterocycles. The summed E-state index contributed by atoms with van der Waals surface area (Å²) >= 11 is 3.15. The lowest BCUT2D eigenvalue weighted by Gasteiger charge is -2.20. The minimum Gasteiger partial charge on any atom is -0.497 e. The largest absolute Gasteiger partial charge is 0.497 e. The molecule has 4 heteroatoms. The molecule has 0 saturated carbocycles. The maximum absolute atomic E-state index is 13.0. The fourth-order valence-electron chi connectivity index (χ4n) is 1.57. The highest BCUT2D eigenvalue weighted by atomic mass is 79.9. The van der Waals surface area contributed by atoms with E-state index in [2.05, 4.69) is 21.2 Å². The van der Waals surface area contributed by atoms with Gasteiger partial charge in [-0.25, -0.2) is 4.39 Å². The summed E-state index contributed by atoms with van der Waals surface area (Å²) in [4.78, 5) is 0. The van der Waals surface area contributed by atoms with E-state index < -0.39 is 0 Å². The lowest BCUT2D eigenvalue weighted by atomic mass is 10.1. The molecular weight excluding hydrogens is 273 g/mol. The fraction of sp³-hybridized carbons (Fsp3) is 0.333. The second-order valence-electron chi connectivity index (χ2n) is 3.72. The Labute approximate surface area is 103 Å². The van der Waals surface area contributed by atoms with E-state index in [1.807, 2.05) is 6.08 Å². The molecular formula is C12H13BrFNO. The normalized spacial score (nSPS) is 19.2. The Bertz CT molecular complexity index is 395. The Morgan fingerprint density at radius 3 is 3.06 bits per heavy atom. The van der Waals surface area contributed by atoms with Gasteiger partial charge in [-0.15, -0.1) is 0 Å². The first-order chi connectivity index (χ1) is 7.75. The Balaban J connectivity index is 1.89. The van der Waals surface area contributed by atoms with Crippen LogP contribution in [0.2, 0.25) is 0 Å². The molecule has 1 aromatic rings. The molecule has 0 spiro atoms. The number of benzene rings is 1. The summed E-state index contributed by atoms with van der Waals surface area (Å²) in [6.45, 7) is 0.739. The molecule has 0 aromatic heterocycles. The van der Waals surface area contributed by atoms with Crippen molar-refractivity contribution in [2.24, 2.45) is 0 Å². The summed E-state index contributed by atoms with van der Waals surface area (Å²) in [5.41, 5.74) is 0.895. The number of anilines is 1. The third-order valence-corrected chi connectivity index (χ3v) is 3.08. The zero-order chi connectivity index (χ0) is 11.4. The number of ether oxygens (including phenoxy) is 1. The molecule has 0 fully saturated rings. The van der Waals surface area contributed by atoms with Gasteiger partial charge < -0.3 is 10.1 Å². The van der Waals surface area contributed by atoms with Crippen LogP contribution in [0.1, 0.15) is 12.8 Å². The van der Waals surface area contributed by atoms with Crippen LogP contribution >= 0.6 is 15.9 Å². The third kappa shape index (κ3) is 2.98. The van der Waals surface area contributed by atoms with E-state index in [1.165, 1.54) is 6.07 Å². The van der Waals surface area contributed by atoms with Gasteiger partial charge in [0.2, 0.25) is 0 Å². The van der Waals surface area contributed by atoms with Gasteiger partial charge in [0.1, 0.15) is 11.9 Å². The molecule has 0 amide bonds. The van der Waals surface area contributed by atoms with Gasteiger partial charge in [0, 0.05) is 5.69 Å². The zero-order valence-electron chi connectivity index (χ0n) is 8.75. The summed E-state index contributed by atoms with van der Waals surface area (Å²) < 4.78 is 18.9. The average molecular weight is 286 g/mol. The predicted molar refractivity (Wildman–Crippen MR) is 65.8 cm³/mol. The van der Waals surface area contributed by atoms with Crippen LogP contribution < -0.4 is 5.32 Å². The molecule has 16 heavy (non-hydrogen) atoms. The molecule has 2 rings (SSSR count). The molecule has 0 bridgehead atoms. The predicted octanol–water partition coefficient (Wildman–Crippen LogP) is 3.69. The lowest BCUT2D eigenvalue weighted by Crippen LogP contribution is -2.22. The molecule has 0 radical (unpaired) electrons. The molecule has 86 valence electrons. The van der Waals surface area contributed by atoms with E-state index in [0.29, 0.717) is 4.47 Å². The van der Waals surface area contributed by atoms with Gasteiger partial charge in [-0.1, -0.05) is 0 Å². The summed E-state index contributed by atoms with van der Waals surface area (Å²) in [5, 5.41) is 3.23. The number of hydrogen-bond acceptors (Lipinski definition) is 2. The summed E-state index contributed by atoms with van der Waals surface area (Å²) in [5.74, 6) is -0.248. The molecule has 0 aliphatic carbocycles. The second-order valence-corrected chi connectivity index (χ2v) is 4.57. The number of allylic oxidation sites excluding steroid dienone is 1. The van der Waals surface area contributed by atoms with E-state index in [9.17, 15) is 4.39 Å². The van der Waals surface area contributed by atoms with E-state index in [4.69, 9.17) is 4.74 Å². The SMILES string of the molecule is Fc1ccc(NCC2CCC=CO2)cc1Br. The highest BCUT2D eigenvalue weighted by Crippen LogP contribution is 2.20. The fourth-order valence-corrected chi connectivity index (χ4v) is 1.95. The van der Waals surface area contributed by atoms with E-state index in [0.717, 1.165) is 25.1 Å². The molecule has 1 aliphatic rings. The maximum Gasteiger partial charge on any atom is 0.137 e. The minimum absolute atomic E-state index is 0.203. The first-order valence-corrected chi connectivity index (χ1v) is 6.04. The van der Waals surface area contributed by atoms with Crippen LogP contribution in [0.15, 0.2) is 35.0 Å². The Hall–Kier alpha value is -1.03. The first-order valence-electron chi connectivity index (χ1n) is 5.25. The van der Waals surface area contributed by atoms with Crippen molar-refractivity contribution in [1.82, 2.24) is 0 Å². The number of halogens is 2. The number of hydrogen-bond donors (Lipinski definition) is 1. The Morgan fingerprint density at radius 1 is 1.50 bits per heavy atom. The zero-order valence-corrected chi connectivity index (χ0v) is 10.3. The van der Waals surface area contributed by atoms with Crippen LogP contribution in [0, 0.1) is 5.82 Å². The van der Waals surface area contributed by atoms with Gasteiger partial charge in [0.25, 0.3) is 0 Å². The summed E-state index contributed by atoms with van der Waals surface area (Å²) in [7, 11) is 0. The monoisotopic (exact) mass is 285 g/mol. The van der Waals surface area contributed by atoms with Gasteiger partial charge in [0.05, 0.1) is 17.3 Å². The molecule has 0 saturated heterocycles. The third-order valence-electron chi connectivity index (χ3n) is 2.48. The second kappa shape index (κ2) is 5.34. The van der Waals surface area contributed by atoms with Crippen LogP contribution in [0.4, 0.5) is 10.1 Å². The van der Waals surface area contributed by atoms with E-state index >= 15 is 0 Å². The molecule has 1 unspecified atom stereocenters. The van der Waals surface area contributed by atoms with Crippen molar-refractivity contribution in [3.63, 3.8) is 0 Å². The van der Waals surface area contributed by atoms with Gasteiger partial charge in [-0.05, 0) is 53.0 Å². The van der Waals surface area contributed by atoms with Crippen molar-refractivity contribution in [2.75, 3.05) is 11.9 Å². The lowest BCUT2D eigenvalue weighted by molar-refractivity contribution is 0.135. The smallest absolute Gasteiger partial charge is 0.137 e. The van der Waals surface area contributed by atoms with Crippen molar-refractivity contribution in [3.8, 4) is 0 Å². The van der Waals surface area contributed by atoms with Crippen molar-refractivity contribution < 1.29 is 9.13 Å². The number of rotatable bonds is 3. The molecule has 1 atom stereocenters. The van der Waals surface area contributed by atoms with E-state index in [-0.39, 0.29) is 11.9 Å². The number of nitrogens with one attached hydrogen (secondary N) is 1. The van der Waals surface area contributed by atoms with Gasteiger partial charge in [-0.2, -0.15) is 0 Å². The minimum atomic E-state index is -0.248. The van der Waals surface area contributed by atoms with Crippen molar-refractivity contribution in [2.45, 2.75) is 18.9 Å². The van der Waals surface area contributed by atoms with Crippen LogP contribution in [0.3, 0.4) is 0 Å². The van der Waals surface area contributed by atoms with Gasteiger partial charge in [-0.3, -0.25) is 0 Å². The molecule has 2 nitrogen and oxygen atoms in total. The van der Waals surface area contributed by atoms with Crippen LogP contribution in [0.5, 0.6) is 0 Å². The molecule has 1 heterocycles. The molecule has 1 N–H and O–H groups in total. The average Bonchev–Trinajstić information content (AvgIpc) is 2.32. The first kappa shape index (κ1) is 11.5. The van der Waals surface area contributed by atoms with Gasteiger partial charge >= 0.3 is 0 Å².